The number of amides is 1. The quantitative estimate of drug-likeness (QED) is 0.694. The van der Waals surface area contributed by atoms with Crippen molar-refractivity contribution in [3.8, 4) is 0 Å². The number of nitrogens with zero attached hydrogens (tertiary/aromatic N) is 1. The van der Waals surface area contributed by atoms with Crippen LogP contribution in [0.4, 0.5) is 4.79 Å². The lowest BCUT2D eigenvalue weighted by atomic mass is 9.94. The van der Waals surface area contributed by atoms with Crippen molar-refractivity contribution in [2.45, 2.75) is 25.7 Å². The van der Waals surface area contributed by atoms with E-state index in [-0.39, 0.29) is 0 Å². The molecule has 1 atom stereocenters. The van der Waals surface area contributed by atoms with Gasteiger partial charge in [0, 0.05) is 13.1 Å². The number of nitrogens with two attached hydrogens (primary N) is 1. The standard InChI is InChI=1S/C9H18N2O2/c10-5-1-3-8-4-2-6-11(7-8)9(12)13/h8H,1-7,10H2,(H,12,13). The molecule has 0 aromatic heterocycles. The second kappa shape index (κ2) is 5.07. The summed E-state index contributed by atoms with van der Waals surface area (Å²) in [6.45, 7) is 2.12. The van der Waals surface area contributed by atoms with Crippen molar-refractivity contribution < 1.29 is 9.90 Å². The molecule has 1 amide bonds. The fourth-order valence-corrected chi connectivity index (χ4v) is 1.88. The van der Waals surface area contributed by atoms with Gasteiger partial charge in [-0.2, -0.15) is 0 Å². The van der Waals surface area contributed by atoms with Crippen LogP contribution in [0.3, 0.4) is 0 Å². The van der Waals surface area contributed by atoms with Crippen LogP contribution in [-0.2, 0) is 0 Å². The Kier molecular flexibility index (Phi) is 4.02. The molecule has 1 rings (SSSR count). The minimum absolute atomic E-state index is 0.536. The van der Waals surface area contributed by atoms with Crippen molar-refractivity contribution in [3.63, 3.8) is 0 Å². The average molecular weight is 186 g/mol. The first-order valence-corrected chi connectivity index (χ1v) is 4.92. The molecule has 76 valence electrons. The van der Waals surface area contributed by atoms with E-state index in [0.717, 1.165) is 25.7 Å². The first-order chi connectivity index (χ1) is 6.24. The van der Waals surface area contributed by atoms with Crippen molar-refractivity contribution in [2.24, 2.45) is 11.7 Å². The van der Waals surface area contributed by atoms with Crippen LogP contribution in [0, 0.1) is 5.92 Å². The third-order valence-corrected chi connectivity index (χ3v) is 2.61. The minimum atomic E-state index is -0.780. The van der Waals surface area contributed by atoms with Crippen LogP contribution in [-0.4, -0.2) is 35.7 Å². The molecular formula is C9H18N2O2. The predicted molar refractivity (Wildman–Crippen MR) is 50.6 cm³/mol. The summed E-state index contributed by atoms with van der Waals surface area (Å²) in [6.07, 6.45) is 3.46. The summed E-state index contributed by atoms with van der Waals surface area (Å²) < 4.78 is 0. The second-order valence-corrected chi connectivity index (χ2v) is 3.67. The number of likely N-dealkylation sites (tertiary alicyclic amines) is 1. The third kappa shape index (κ3) is 3.22. The number of hydrogen-bond donors (Lipinski definition) is 2. The molecule has 3 N–H and O–H groups in total. The average Bonchev–Trinajstić information content (AvgIpc) is 2.15. The summed E-state index contributed by atoms with van der Waals surface area (Å²) in [4.78, 5) is 12.2. The Morgan fingerprint density at radius 2 is 2.38 bits per heavy atom. The molecule has 0 bridgehead atoms. The molecule has 1 heterocycles. The van der Waals surface area contributed by atoms with Gasteiger partial charge in [-0.25, -0.2) is 4.79 Å². The molecule has 0 radical (unpaired) electrons. The van der Waals surface area contributed by atoms with Gasteiger partial charge in [0.05, 0.1) is 0 Å². The molecule has 1 aliphatic rings. The van der Waals surface area contributed by atoms with E-state index in [9.17, 15) is 4.79 Å². The van der Waals surface area contributed by atoms with Gasteiger partial charge >= 0.3 is 6.09 Å². The largest absolute Gasteiger partial charge is 0.465 e. The first kappa shape index (κ1) is 10.3. The van der Waals surface area contributed by atoms with Gasteiger partial charge < -0.3 is 15.7 Å². The Morgan fingerprint density at radius 1 is 1.62 bits per heavy atom. The highest BCUT2D eigenvalue weighted by Crippen LogP contribution is 2.20. The van der Waals surface area contributed by atoms with E-state index in [1.165, 1.54) is 4.90 Å². The zero-order valence-corrected chi connectivity index (χ0v) is 7.91. The molecule has 0 spiro atoms. The van der Waals surface area contributed by atoms with E-state index in [2.05, 4.69) is 0 Å². The number of rotatable bonds is 3. The molecule has 13 heavy (non-hydrogen) atoms. The van der Waals surface area contributed by atoms with Gasteiger partial charge in [-0.15, -0.1) is 0 Å². The minimum Gasteiger partial charge on any atom is -0.465 e. The van der Waals surface area contributed by atoms with Gasteiger partial charge in [0.25, 0.3) is 0 Å². The lowest BCUT2D eigenvalue weighted by Crippen LogP contribution is -2.39. The first-order valence-electron chi connectivity index (χ1n) is 4.92. The van der Waals surface area contributed by atoms with Crippen molar-refractivity contribution in [1.29, 1.82) is 0 Å². The Morgan fingerprint density at radius 3 is 3.00 bits per heavy atom. The van der Waals surface area contributed by atoms with Gasteiger partial charge in [-0.05, 0) is 38.1 Å². The van der Waals surface area contributed by atoms with Crippen LogP contribution in [0.2, 0.25) is 0 Å². The molecule has 0 aromatic carbocycles. The number of piperidine rings is 1. The molecule has 1 aliphatic heterocycles. The van der Waals surface area contributed by atoms with Crippen LogP contribution >= 0.6 is 0 Å². The summed E-state index contributed by atoms with van der Waals surface area (Å²) in [7, 11) is 0. The highest BCUT2D eigenvalue weighted by Gasteiger charge is 2.22. The van der Waals surface area contributed by atoms with E-state index >= 15 is 0 Å². The van der Waals surface area contributed by atoms with Gasteiger partial charge in [0.15, 0.2) is 0 Å². The number of carbonyl (C=O) groups is 1. The SMILES string of the molecule is NCCCC1CCCN(C(=O)O)C1. The van der Waals surface area contributed by atoms with Gasteiger partial charge in [0.2, 0.25) is 0 Å². The normalized spacial score (nSPS) is 23.2. The lowest BCUT2D eigenvalue weighted by Gasteiger charge is -2.30. The zero-order chi connectivity index (χ0) is 9.68. The highest BCUT2D eigenvalue weighted by molar-refractivity contribution is 5.65. The van der Waals surface area contributed by atoms with Crippen LogP contribution in [0.5, 0.6) is 0 Å². The summed E-state index contributed by atoms with van der Waals surface area (Å²) in [5.41, 5.74) is 5.41. The zero-order valence-electron chi connectivity index (χ0n) is 7.91. The van der Waals surface area contributed by atoms with Crippen LogP contribution in [0.15, 0.2) is 0 Å². The van der Waals surface area contributed by atoms with E-state index in [0.29, 0.717) is 25.6 Å². The van der Waals surface area contributed by atoms with Gasteiger partial charge in [0.1, 0.15) is 0 Å². The van der Waals surface area contributed by atoms with Gasteiger partial charge in [-0.3, -0.25) is 0 Å². The molecule has 0 saturated carbocycles. The molecule has 0 aliphatic carbocycles. The van der Waals surface area contributed by atoms with Crippen LogP contribution < -0.4 is 5.73 Å². The van der Waals surface area contributed by atoms with E-state index in [4.69, 9.17) is 10.8 Å². The van der Waals surface area contributed by atoms with Crippen molar-refractivity contribution >= 4 is 6.09 Å². The Balaban J connectivity index is 2.29. The summed E-state index contributed by atoms with van der Waals surface area (Å²) >= 11 is 0. The van der Waals surface area contributed by atoms with Crippen LogP contribution in [0.25, 0.3) is 0 Å². The predicted octanol–water partition coefficient (Wildman–Crippen LogP) is 1.12. The van der Waals surface area contributed by atoms with Crippen molar-refractivity contribution in [3.05, 3.63) is 0 Å². The molecule has 4 nitrogen and oxygen atoms in total. The maximum atomic E-state index is 10.7. The third-order valence-electron chi connectivity index (χ3n) is 2.61. The molecule has 1 saturated heterocycles. The maximum absolute atomic E-state index is 10.7. The van der Waals surface area contributed by atoms with E-state index in [1.807, 2.05) is 0 Å². The van der Waals surface area contributed by atoms with Crippen molar-refractivity contribution in [2.75, 3.05) is 19.6 Å². The summed E-state index contributed by atoms with van der Waals surface area (Å²) in [6, 6.07) is 0. The van der Waals surface area contributed by atoms with Gasteiger partial charge in [-0.1, -0.05) is 0 Å². The molecule has 1 unspecified atom stereocenters. The molecule has 4 heteroatoms. The van der Waals surface area contributed by atoms with E-state index < -0.39 is 6.09 Å². The van der Waals surface area contributed by atoms with Crippen molar-refractivity contribution in [1.82, 2.24) is 4.90 Å². The summed E-state index contributed by atoms with van der Waals surface area (Å²) in [5.74, 6) is 0.536. The fraction of sp³-hybridized carbons (Fsp3) is 0.889. The highest BCUT2D eigenvalue weighted by atomic mass is 16.4. The molecule has 1 fully saturated rings. The molecule has 0 aromatic rings. The summed E-state index contributed by atoms with van der Waals surface area (Å²) in [5, 5.41) is 8.78. The number of hydrogen-bond acceptors (Lipinski definition) is 2. The topological polar surface area (TPSA) is 66.6 Å². The fourth-order valence-electron chi connectivity index (χ4n) is 1.88. The second-order valence-electron chi connectivity index (χ2n) is 3.67. The Bertz CT molecular complexity index is 173. The Labute approximate surface area is 78.7 Å². The Hall–Kier alpha value is -0.770. The van der Waals surface area contributed by atoms with E-state index in [1.54, 1.807) is 0 Å². The van der Waals surface area contributed by atoms with Crippen LogP contribution in [0.1, 0.15) is 25.7 Å². The molecular weight excluding hydrogens is 168 g/mol. The smallest absolute Gasteiger partial charge is 0.407 e. The monoisotopic (exact) mass is 186 g/mol. The maximum Gasteiger partial charge on any atom is 0.407 e. The lowest BCUT2D eigenvalue weighted by molar-refractivity contribution is 0.118. The number of carboxylic acid groups (broad SMARTS) is 1.